The molecule has 0 amide bonds. The molecular weight excluding hydrogens is 394 g/mol. The zero-order valence-electron chi connectivity index (χ0n) is 18.0. The predicted molar refractivity (Wildman–Crippen MR) is 137 cm³/mol. The number of benzene rings is 4. The van der Waals surface area contributed by atoms with Crippen molar-refractivity contribution < 1.29 is 0 Å². The van der Waals surface area contributed by atoms with E-state index in [1.807, 2.05) is 116 Å². The summed E-state index contributed by atoms with van der Waals surface area (Å²) in [7, 11) is 0. The second-order valence-electron chi connectivity index (χ2n) is 7.29. The number of azo groups is 1. The fourth-order valence-electron chi connectivity index (χ4n) is 2.67. The molecule has 0 atom stereocenters. The van der Waals surface area contributed by atoms with E-state index in [0.717, 1.165) is 39.6 Å². The van der Waals surface area contributed by atoms with Gasteiger partial charge in [-0.05, 0) is 78.7 Å². The van der Waals surface area contributed by atoms with Crippen LogP contribution in [0.3, 0.4) is 0 Å². The summed E-state index contributed by atoms with van der Waals surface area (Å²) in [5.74, 6) is 0. The second kappa shape index (κ2) is 11.1. The normalized spacial score (nSPS) is 10.8. The smallest absolute Gasteiger partial charge is 0.0858 e. The molecule has 0 aliphatic heterocycles. The molecule has 0 bridgehead atoms. The number of hydrogen-bond acceptors (Lipinski definition) is 5. The molecule has 6 N–H and O–H groups in total. The fourth-order valence-corrected chi connectivity index (χ4v) is 2.67. The average Bonchev–Trinajstić information content (AvgIpc) is 2.81. The molecule has 5 nitrogen and oxygen atoms in total. The van der Waals surface area contributed by atoms with Gasteiger partial charge in [-0.2, -0.15) is 10.2 Å². The lowest BCUT2D eigenvalue weighted by molar-refractivity contribution is 1.23. The van der Waals surface area contributed by atoms with Crippen LogP contribution in [-0.4, -0.2) is 0 Å². The number of anilines is 3. The molecule has 0 saturated carbocycles. The number of nitrogen functional groups attached to an aromatic ring is 3. The summed E-state index contributed by atoms with van der Waals surface area (Å²) in [4.78, 5) is 0. The Hall–Kier alpha value is -4.38. The molecule has 0 aliphatic carbocycles. The van der Waals surface area contributed by atoms with Gasteiger partial charge in [-0.25, -0.2) is 0 Å². The molecule has 0 spiro atoms. The molecule has 4 aromatic carbocycles. The molecule has 0 aromatic heterocycles. The van der Waals surface area contributed by atoms with Crippen LogP contribution in [0.5, 0.6) is 0 Å². The highest BCUT2D eigenvalue weighted by Gasteiger charge is 1.91. The van der Waals surface area contributed by atoms with Gasteiger partial charge in [0.2, 0.25) is 0 Å². The minimum atomic E-state index is 0.731. The third-order valence-electron chi connectivity index (χ3n) is 4.55. The number of nitrogens with two attached hydrogens (primary N) is 3. The first-order chi connectivity index (χ1) is 15.5. The van der Waals surface area contributed by atoms with Crippen LogP contribution >= 0.6 is 0 Å². The molecule has 4 aromatic rings. The SMILES string of the molecule is Cc1ccc(N=Nc2ccc(N)cc2)cc1.Nc1ccc(C=Cc2ccc(N)cc2)cc1. The standard InChI is InChI=1S/C14H14N2.C13H13N3/c15-13-7-3-11(4-8-13)1-2-12-5-9-14(16)10-6-12;1-10-2-6-12(7-3-10)15-16-13-8-4-11(14)5-9-13/h1-10H,15-16H2;2-9H,14H2,1H3. The van der Waals surface area contributed by atoms with Crippen LogP contribution in [0.1, 0.15) is 16.7 Å². The maximum atomic E-state index is 5.61. The summed E-state index contributed by atoms with van der Waals surface area (Å²) >= 11 is 0. The molecular formula is C27H27N5. The highest BCUT2D eigenvalue weighted by molar-refractivity contribution is 5.70. The van der Waals surface area contributed by atoms with Gasteiger partial charge < -0.3 is 17.2 Å². The van der Waals surface area contributed by atoms with Gasteiger partial charge in [0.1, 0.15) is 0 Å². The monoisotopic (exact) mass is 421 g/mol. The maximum absolute atomic E-state index is 5.61. The largest absolute Gasteiger partial charge is 0.399 e. The van der Waals surface area contributed by atoms with E-state index >= 15 is 0 Å². The Kier molecular flexibility index (Phi) is 7.76. The Morgan fingerprint density at radius 3 is 1.16 bits per heavy atom. The summed E-state index contributed by atoms with van der Waals surface area (Å²) < 4.78 is 0. The average molecular weight is 422 g/mol. The van der Waals surface area contributed by atoms with Crippen LogP contribution < -0.4 is 17.2 Å². The first-order valence-corrected chi connectivity index (χ1v) is 10.2. The molecule has 0 heterocycles. The molecule has 0 radical (unpaired) electrons. The molecule has 0 saturated heterocycles. The van der Waals surface area contributed by atoms with Gasteiger partial charge in [-0.1, -0.05) is 54.1 Å². The fraction of sp³-hybridized carbons (Fsp3) is 0.0370. The van der Waals surface area contributed by atoms with E-state index in [1.54, 1.807) is 0 Å². The Morgan fingerprint density at radius 2 is 0.781 bits per heavy atom. The number of rotatable bonds is 4. The Balaban J connectivity index is 0.000000181. The summed E-state index contributed by atoms with van der Waals surface area (Å²) in [5, 5.41) is 8.25. The van der Waals surface area contributed by atoms with Crippen molar-refractivity contribution in [3.05, 3.63) is 114 Å². The van der Waals surface area contributed by atoms with Crippen molar-refractivity contribution >= 4 is 40.6 Å². The summed E-state index contributed by atoms with van der Waals surface area (Å²) in [6.45, 7) is 2.04. The minimum absolute atomic E-state index is 0.731. The lowest BCUT2D eigenvalue weighted by atomic mass is 10.1. The van der Waals surface area contributed by atoms with Gasteiger partial charge in [0.05, 0.1) is 11.4 Å². The Bertz CT molecular complexity index is 967. The van der Waals surface area contributed by atoms with E-state index in [9.17, 15) is 0 Å². The molecule has 32 heavy (non-hydrogen) atoms. The minimum Gasteiger partial charge on any atom is -0.399 e. The quantitative estimate of drug-likeness (QED) is 0.187. The lowest BCUT2D eigenvalue weighted by Crippen LogP contribution is -1.83. The Morgan fingerprint density at radius 1 is 0.469 bits per heavy atom. The molecule has 4 rings (SSSR count). The van der Waals surface area contributed by atoms with E-state index in [4.69, 9.17) is 17.2 Å². The van der Waals surface area contributed by atoms with E-state index in [-0.39, 0.29) is 0 Å². The van der Waals surface area contributed by atoms with Crippen molar-refractivity contribution in [2.45, 2.75) is 6.92 Å². The van der Waals surface area contributed by atoms with Gasteiger partial charge in [0.25, 0.3) is 0 Å². The first-order valence-electron chi connectivity index (χ1n) is 10.2. The third kappa shape index (κ3) is 7.46. The van der Waals surface area contributed by atoms with Gasteiger partial charge >= 0.3 is 0 Å². The van der Waals surface area contributed by atoms with E-state index in [1.165, 1.54) is 5.56 Å². The highest BCUT2D eigenvalue weighted by Crippen LogP contribution is 2.19. The summed E-state index contributed by atoms with van der Waals surface area (Å²) in [5.41, 5.74) is 24.2. The summed E-state index contributed by atoms with van der Waals surface area (Å²) in [6, 6.07) is 30.7. The first kappa shape index (κ1) is 22.3. The van der Waals surface area contributed by atoms with Crippen LogP contribution in [-0.2, 0) is 0 Å². The van der Waals surface area contributed by atoms with E-state index in [0.29, 0.717) is 0 Å². The van der Waals surface area contributed by atoms with Crippen molar-refractivity contribution in [2.75, 3.05) is 17.2 Å². The number of aryl methyl sites for hydroxylation is 1. The lowest BCUT2D eigenvalue weighted by Gasteiger charge is -1.96. The molecule has 5 heteroatoms. The van der Waals surface area contributed by atoms with Gasteiger partial charge in [0, 0.05) is 17.1 Å². The summed E-state index contributed by atoms with van der Waals surface area (Å²) in [6.07, 6.45) is 4.09. The second-order valence-corrected chi connectivity index (χ2v) is 7.29. The zero-order chi connectivity index (χ0) is 22.8. The van der Waals surface area contributed by atoms with Crippen molar-refractivity contribution in [2.24, 2.45) is 10.2 Å². The molecule has 0 aliphatic rings. The molecule has 0 unspecified atom stereocenters. The van der Waals surface area contributed by atoms with Gasteiger partial charge in [0.15, 0.2) is 0 Å². The topological polar surface area (TPSA) is 103 Å². The van der Waals surface area contributed by atoms with Crippen LogP contribution in [0.4, 0.5) is 28.4 Å². The predicted octanol–water partition coefficient (Wildman–Crippen LogP) is 7.01. The number of hydrogen-bond donors (Lipinski definition) is 3. The zero-order valence-corrected chi connectivity index (χ0v) is 18.0. The molecule has 0 fully saturated rings. The Labute approximate surface area is 188 Å². The van der Waals surface area contributed by atoms with Crippen molar-refractivity contribution in [3.8, 4) is 0 Å². The maximum Gasteiger partial charge on any atom is 0.0858 e. The van der Waals surface area contributed by atoms with E-state index < -0.39 is 0 Å². The number of nitrogens with zero attached hydrogens (tertiary/aromatic N) is 2. The van der Waals surface area contributed by atoms with Gasteiger partial charge in [-0.15, -0.1) is 0 Å². The highest BCUT2D eigenvalue weighted by atomic mass is 15.1. The van der Waals surface area contributed by atoms with Crippen LogP contribution in [0.15, 0.2) is 107 Å². The third-order valence-corrected chi connectivity index (χ3v) is 4.55. The van der Waals surface area contributed by atoms with Crippen molar-refractivity contribution in [1.29, 1.82) is 0 Å². The van der Waals surface area contributed by atoms with Crippen molar-refractivity contribution in [1.82, 2.24) is 0 Å². The van der Waals surface area contributed by atoms with Crippen LogP contribution in [0.2, 0.25) is 0 Å². The van der Waals surface area contributed by atoms with Crippen LogP contribution in [0, 0.1) is 6.92 Å². The van der Waals surface area contributed by atoms with Gasteiger partial charge in [-0.3, -0.25) is 0 Å². The molecule has 160 valence electrons. The van der Waals surface area contributed by atoms with Crippen molar-refractivity contribution in [3.63, 3.8) is 0 Å². The van der Waals surface area contributed by atoms with Crippen LogP contribution in [0.25, 0.3) is 12.2 Å². The van der Waals surface area contributed by atoms with E-state index in [2.05, 4.69) is 10.2 Å².